The van der Waals surface area contributed by atoms with Crippen LogP contribution < -0.4 is 10.4 Å². The van der Waals surface area contributed by atoms with Gasteiger partial charge in [-0.25, -0.2) is 15.0 Å². The maximum atomic E-state index is 12.2. The monoisotopic (exact) mass is 523 g/mol. The number of nitrogens with one attached hydrogen (secondary N) is 1. The number of carbonyl (C=O) groups excluding carboxylic acids is 1. The van der Waals surface area contributed by atoms with Crippen LogP contribution in [0.4, 0.5) is 16.4 Å². The zero-order valence-corrected chi connectivity index (χ0v) is 23.4. The van der Waals surface area contributed by atoms with Crippen molar-refractivity contribution >= 4 is 29.1 Å². The first kappa shape index (κ1) is 27.2. The number of hydrogen-bond donors (Lipinski definition) is 2. The van der Waals surface area contributed by atoms with E-state index < -0.39 is 17.2 Å². The Morgan fingerprint density at radius 1 is 1.19 bits per heavy atom. The van der Waals surface area contributed by atoms with Gasteiger partial charge in [0.1, 0.15) is 10.6 Å². The molecule has 1 aliphatic rings. The van der Waals surface area contributed by atoms with Crippen LogP contribution in [0.25, 0.3) is 10.4 Å². The summed E-state index contributed by atoms with van der Waals surface area (Å²) < 4.78 is -0.166. The Morgan fingerprint density at radius 2 is 1.95 bits per heavy atom. The highest BCUT2D eigenvalue weighted by molar-refractivity contribution is 7.15. The lowest BCUT2D eigenvalue weighted by Crippen LogP contribution is -2.68. The summed E-state index contributed by atoms with van der Waals surface area (Å²) in [4.78, 5) is 26.7. The van der Waals surface area contributed by atoms with Crippen LogP contribution in [-0.2, 0) is 5.60 Å². The highest BCUT2D eigenvalue weighted by Crippen LogP contribution is 2.41. The first-order valence-corrected chi connectivity index (χ1v) is 13.6. The summed E-state index contributed by atoms with van der Waals surface area (Å²) in [5, 5.41) is 27.8. The summed E-state index contributed by atoms with van der Waals surface area (Å²) in [5.74, 6) is 0.857. The molecule has 1 saturated heterocycles. The van der Waals surface area contributed by atoms with Gasteiger partial charge in [0, 0.05) is 36.6 Å². The number of carbonyl (C=O) groups is 1. The third-order valence-corrected chi connectivity index (χ3v) is 8.70. The van der Waals surface area contributed by atoms with Gasteiger partial charge >= 0.3 is 0 Å². The fraction of sp³-hybridized carbons (Fsp3) is 0.500. The summed E-state index contributed by atoms with van der Waals surface area (Å²) in [6.07, 6.45) is 3.83. The zero-order chi connectivity index (χ0) is 27.0. The van der Waals surface area contributed by atoms with E-state index in [1.54, 1.807) is 12.4 Å². The van der Waals surface area contributed by atoms with Crippen LogP contribution in [0.3, 0.4) is 0 Å². The number of likely N-dealkylation sites (tertiary alicyclic amines) is 1. The highest BCUT2D eigenvalue weighted by atomic mass is 32.1. The Balaban J connectivity index is 1.59. The van der Waals surface area contributed by atoms with Crippen molar-refractivity contribution < 1.29 is 19.5 Å². The summed E-state index contributed by atoms with van der Waals surface area (Å²) in [5.41, 5.74) is 2.21. The molecule has 8 nitrogen and oxygen atoms in total. The number of carboxylic acid groups (broad SMARTS) is 1. The van der Waals surface area contributed by atoms with Gasteiger partial charge in [-0.2, -0.15) is 0 Å². The number of nitrogens with zero attached hydrogens (tertiary/aromatic N) is 4. The molecule has 1 amide bonds. The van der Waals surface area contributed by atoms with Gasteiger partial charge < -0.3 is 20.3 Å². The van der Waals surface area contributed by atoms with Crippen molar-refractivity contribution in [1.29, 1.82) is 0 Å². The largest absolute Gasteiger partial charge is 0.498 e. The number of anilines is 2. The Bertz CT molecular complexity index is 1280. The predicted molar refractivity (Wildman–Crippen MR) is 145 cm³/mol. The SMILES string of the molecule is Cc1cc(Nc2nccc(C(C)C)n2)cc(-c2cnc([C@]3(O)CCC[N+](C(=O)[O-])(C(C)(C)C)CC3)s2)c1. The standard InChI is InChI=1S/C28H37N5O3S/c1-18(2)22-8-11-29-25(32-22)31-21-15-19(3)14-20(16-21)23-17-30-24(37-23)28(36)9-7-12-33(13-10-28,26(34)35)27(4,5)6/h8,11,14-18,36H,7,9-10,12-13H2,1-6H3,(H-,29,31,32,34,35)/t28-,33?/m0/s1. The number of hydrogen-bond acceptors (Lipinski definition) is 8. The average Bonchev–Trinajstić information content (AvgIpc) is 3.23. The Hall–Kier alpha value is -2.88. The zero-order valence-electron chi connectivity index (χ0n) is 22.5. The minimum Gasteiger partial charge on any atom is -0.498 e. The van der Waals surface area contributed by atoms with Crippen LogP contribution in [0, 0.1) is 6.92 Å². The van der Waals surface area contributed by atoms with Gasteiger partial charge in [-0.1, -0.05) is 19.9 Å². The molecule has 2 atom stereocenters. The molecule has 1 fully saturated rings. The maximum Gasteiger partial charge on any atom is 0.257 e. The van der Waals surface area contributed by atoms with Crippen molar-refractivity contribution in [3.63, 3.8) is 0 Å². The van der Waals surface area contributed by atoms with Crippen molar-refractivity contribution in [2.24, 2.45) is 0 Å². The van der Waals surface area contributed by atoms with Crippen molar-refractivity contribution in [1.82, 2.24) is 15.0 Å². The van der Waals surface area contributed by atoms with E-state index in [-0.39, 0.29) is 4.48 Å². The van der Waals surface area contributed by atoms with E-state index in [1.807, 2.05) is 45.9 Å². The molecule has 198 valence electrons. The summed E-state index contributed by atoms with van der Waals surface area (Å²) in [7, 11) is 0. The Labute approximate surface area is 223 Å². The van der Waals surface area contributed by atoms with E-state index in [4.69, 9.17) is 0 Å². The minimum absolute atomic E-state index is 0.166. The topological polar surface area (TPSA) is 111 Å². The highest BCUT2D eigenvalue weighted by Gasteiger charge is 2.48. The summed E-state index contributed by atoms with van der Waals surface area (Å²) in [6, 6.07) is 8.08. The third-order valence-electron chi connectivity index (χ3n) is 7.46. The van der Waals surface area contributed by atoms with Crippen LogP contribution in [0.5, 0.6) is 0 Å². The molecule has 0 aliphatic carbocycles. The van der Waals surface area contributed by atoms with Gasteiger partial charge in [-0.05, 0) is 69.4 Å². The summed E-state index contributed by atoms with van der Waals surface area (Å²) in [6.45, 7) is 12.7. The molecule has 9 heteroatoms. The van der Waals surface area contributed by atoms with Crippen molar-refractivity contribution in [2.45, 2.75) is 77.9 Å². The van der Waals surface area contributed by atoms with Gasteiger partial charge in [-0.3, -0.25) is 4.48 Å². The van der Waals surface area contributed by atoms with Crippen LogP contribution in [-0.4, -0.2) is 49.3 Å². The quantitative estimate of drug-likeness (QED) is 0.447. The van der Waals surface area contributed by atoms with Crippen molar-refractivity contribution in [3.05, 3.63) is 52.9 Å². The van der Waals surface area contributed by atoms with Crippen LogP contribution in [0.1, 0.15) is 76.1 Å². The van der Waals surface area contributed by atoms with E-state index in [1.165, 1.54) is 11.3 Å². The Morgan fingerprint density at radius 3 is 2.62 bits per heavy atom. The minimum atomic E-state index is -1.17. The maximum absolute atomic E-state index is 12.2. The fourth-order valence-electron chi connectivity index (χ4n) is 5.10. The van der Waals surface area contributed by atoms with Gasteiger partial charge in [0.05, 0.1) is 23.5 Å². The number of amides is 1. The lowest BCUT2D eigenvalue weighted by Gasteiger charge is -2.47. The molecule has 0 radical (unpaired) electrons. The molecule has 3 aromatic rings. The molecule has 1 aliphatic heterocycles. The smallest absolute Gasteiger partial charge is 0.257 e. The molecular weight excluding hydrogens is 486 g/mol. The second-order valence-corrected chi connectivity index (χ2v) is 12.5. The van der Waals surface area contributed by atoms with E-state index in [2.05, 4.69) is 40.2 Å². The first-order chi connectivity index (χ1) is 17.3. The molecule has 0 bridgehead atoms. The molecule has 2 aromatic heterocycles. The van der Waals surface area contributed by atoms with E-state index in [0.29, 0.717) is 49.2 Å². The Kier molecular flexibility index (Phi) is 7.43. The number of aliphatic hydroxyl groups is 1. The molecule has 3 heterocycles. The van der Waals surface area contributed by atoms with Crippen LogP contribution >= 0.6 is 11.3 Å². The average molecular weight is 524 g/mol. The molecular formula is C28H37N5O3S. The van der Waals surface area contributed by atoms with Crippen molar-refractivity contribution in [2.75, 3.05) is 18.4 Å². The molecule has 0 spiro atoms. The fourth-order valence-corrected chi connectivity index (χ4v) is 6.15. The number of quaternary nitrogens is 1. The number of benzene rings is 1. The van der Waals surface area contributed by atoms with Gasteiger partial charge in [-0.15, -0.1) is 11.3 Å². The van der Waals surface area contributed by atoms with E-state index in [0.717, 1.165) is 27.4 Å². The molecule has 2 N–H and O–H groups in total. The lowest BCUT2D eigenvalue weighted by molar-refractivity contribution is -0.919. The molecule has 1 unspecified atom stereocenters. The van der Waals surface area contributed by atoms with Gasteiger partial charge in [0.15, 0.2) is 0 Å². The predicted octanol–water partition coefficient (Wildman–Crippen LogP) is 5.11. The third kappa shape index (κ3) is 5.54. The molecule has 4 rings (SSSR count). The number of rotatable bonds is 5. The van der Waals surface area contributed by atoms with E-state index in [9.17, 15) is 15.0 Å². The number of aryl methyl sites for hydroxylation is 1. The first-order valence-electron chi connectivity index (χ1n) is 12.8. The van der Waals surface area contributed by atoms with Crippen LogP contribution in [0.2, 0.25) is 0 Å². The number of aromatic nitrogens is 3. The second kappa shape index (κ2) is 10.1. The molecule has 0 saturated carbocycles. The second-order valence-electron chi connectivity index (χ2n) is 11.4. The lowest BCUT2D eigenvalue weighted by atomic mass is 9.95. The normalized spacial score (nSPS) is 22.6. The van der Waals surface area contributed by atoms with Gasteiger partial charge in [0.25, 0.3) is 6.09 Å². The van der Waals surface area contributed by atoms with E-state index >= 15 is 0 Å². The molecule has 1 aromatic carbocycles. The van der Waals surface area contributed by atoms with Crippen molar-refractivity contribution in [3.8, 4) is 10.4 Å². The van der Waals surface area contributed by atoms with Crippen LogP contribution in [0.15, 0.2) is 36.7 Å². The number of thiazole rings is 1. The molecule has 37 heavy (non-hydrogen) atoms. The van der Waals surface area contributed by atoms with Gasteiger partial charge in [0.2, 0.25) is 5.95 Å². The summed E-state index contributed by atoms with van der Waals surface area (Å²) >= 11 is 1.46.